The van der Waals surface area contributed by atoms with Crippen LogP contribution >= 0.6 is 24.0 Å². The quantitative estimate of drug-likeness (QED) is 0.254. The first-order chi connectivity index (χ1) is 14.2. The third kappa shape index (κ3) is 6.22. The molecular formula is C23H29IN4O2. The highest BCUT2D eigenvalue weighted by atomic mass is 127. The first-order valence-electron chi connectivity index (χ1n) is 9.87. The van der Waals surface area contributed by atoms with Crippen LogP contribution in [-0.4, -0.2) is 38.6 Å². The maximum Gasteiger partial charge on any atom is 0.246 e. The molecule has 6 nitrogen and oxygen atoms in total. The molecule has 0 aliphatic carbocycles. The van der Waals surface area contributed by atoms with Crippen molar-refractivity contribution in [3.8, 4) is 5.75 Å². The summed E-state index contributed by atoms with van der Waals surface area (Å²) in [5, 5.41) is 6.36. The number of para-hydroxylation sites is 2. The van der Waals surface area contributed by atoms with Crippen molar-refractivity contribution >= 4 is 41.5 Å². The van der Waals surface area contributed by atoms with Gasteiger partial charge < -0.3 is 20.3 Å². The van der Waals surface area contributed by atoms with E-state index in [-0.39, 0.29) is 36.4 Å². The average molecular weight is 520 g/mol. The van der Waals surface area contributed by atoms with Crippen LogP contribution in [-0.2, 0) is 17.8 Å². The topological polar surface area (TPSA) is 66.0 Å². The number of benzene rings is 2. The summed E-state index contributed by atoms with van der Waals surface area (Å²) < 4.78 is 5.68. The molecule has 30 heavy (non-hydrogen) atoms. The van der Waals surface area contributed by atoms with Crippen molar-refractivity contribution in [2.75, 3.05) is 31.6 Å². The first kappa shape index (κ1) is 23.7. The number of nitrogens with zero attached hydrogens (tertiary/aromatic N) is 2. The normalized spacial score (nSPS) is 13.0. The number of ether oxygens (including phenoxy) is 1. The van der Waals surface area contributed by atoms with Crippen molar-refractivity contribution < 1.29 is 9.53 Å². The molecule has 0 spiro atoms. The Balaban J connectivity index is 0.00000320. The van der Waals surface area contributed by atoms with Crippen molar-refractivity contribution in [1.82, 2.24) is 10.6 Å². The minimum absolute atomic E-state index is 0. The molecule has 0 saturated heterocycles. The molecule has 0 radical (unpaired) electrons. The van der Waals surface area contributed by atoms with Gasteiger partial charge in [0.25, 0.3) is 0 Å². The second kappa shape index (κ2) is 12.2. The zero-order chi connectivity index (χ0) is 20.5. The van der Waals surface area contributed by atoms with Crippen LogP contribution in [0.3, 0.4) is 0 Å². The second-order valence-corrected chi connectivity index (χ2v) is 6.76. The number of carbonyl (C=O) groups is 1. The van der Waals surface area contributed by atoms with Crippen molar-refractivity contribution in [1.29, 1.82) is 0 Å². The van der Waals surface area contributed by atoms with Crippen LogP contribution < -0.4 is 20.3 Å². The molecule has 2 aromatic rings. The number of nitrogens with one attached hydrogen (secondary N) is 2. The van der Waals surface area contributed by atoms with Gasteiger partial charge in [0.2, 0.25) is 5.91 Å². The number of hydrogen-bond acceptors (Lipinski definition) is 3. The Kier molecular flexibility index (Phi) is 9.66. The molecule has 0 atom stereocenters. The molecule has 7 heteroatoms. The highest BCUT2D eigenvalue weighted by Gasteiger charge is 2.22. The number of aliphatic imine (C=N–C) groups is 1. The van der Waals surface area contributed by atoms with E-state index in [1.54, 1.807) is 13.1 Å². The second-order valence-electron chi connectivity index (χ2n) is 6.76. The Hall–Kier alpha value is -2.55. The summed E-state index contributed by atoms with van der Waals surface area (Å²) in [4.78, 5) is 18.9. The molecule has 0 fully saturated rings. The van der Waals surface area contributed by atoms with E-state index < -0.39 is 0 Å². The zero-order valence-electron chi connectivity index (χ0n) is 17.3. The minimum atomic E-state index is 0. The number of anilines is 1. The van der Waals surface area contributed by atoms with Crippen LogP contribution in [0.15, 0.2) is 66.2 Å². The third-order valence-electron chi connectivity index (χ3n) is 4.82. The van der Waals surface area contributed by atoms with Gasteiger partial charge in [0.1, 0.15) is 12.4 Å². The zero-order valence-corrected chi connectivity index (χ0v) is 19.6. The molecule has 2 aromatic carbocycles. The van der Waals surface area contributed by atoms with E-state index in [2.05, 4.69) is 28.3 Å². The number of guanidine groups is 1. The number of hydrogen-bond donors (Lipinski definition) is 2. The number of carbonyl (C=O) groups excluding carboxylic acids is 1. The molecule has 1 aliphatic rings. The lowest BCUT2D eigenvalue weighted by atomic mass is 10.0. The van der Waals surface area contributed by atoms with Crippen molar-refractivity contribution in [3.05, 3.63) is 72.3 Å². The number of halogens is 1. The fraction of sp³-hybridized carbons (Fsp3) is 0.304. The molecule has 3 rings (SSSR count). The molecular weight excluding hydrogens is 491 g/mol. The van der Waals surface area contributed by atoms with Gasteiger partial charge in [0.15, 0.2) is 5.96 Å². The van der Waals surface area contributed by atoms with Crippen LogP contribution in [0.5, 0.6) is 5.75 Å². The SMILES string of the molecule is C=CCOc1ccccc1CNC(=NC)NCC(=O)N1CCCc2ccccc21.I. The monoisotopic (exact) mass is 520 g/mol. The highest BCUT2D eigenvalue weighted by Crippen LogP contribution is 2.26. The Morgan fingerprint density at radius 1 is 1.20 bits per heavy atom. The predicted molar refractivity (Wildman–Crippen MR) is 133 cm³/mol. The Labute approximate surface area is 195 Å². The molecule has 0 unspecified atom stereocenters. The molecule has 0 bridgehead atoms. The lowest BCUT2D eigenvalue weighted by molar-refractivity contribution is -0.117. The summed E-state index contributed by atoms with van der Waals surface area (Å²) in [5.74, 6) is 1.41. The maximum atomic E-state index is 12.8. The van der Waals surface area contributed by atoms with Crippen LogP contribution in [0.4, 0.5) is 5.69 Å². The number of fused-ring (bicyclic) bond motifs is 1. The third-order valence-corrected chi connectivity index (χ3v) is 4.82. The fourth-order valence-electron chi connectivity index (χ4n) is 3.39. The van der Waals surface area contributed by atoms with E-state index in [9.17, 15) is 4.79 Å². The van der Waals surface area contributed by atoms with Gasteiger partial charge in [0, 0.05) is 31.4 Å². The molecule has 0 aromatic heterocycles. The molecule has 160 valence electrons. The smallest absolute Gasteiger partial charge is 0.246 e. The Bertz CT molecular complexity index is 885. The standard InChI is InChI=1S/C23H28N4O2.HI/c1-3-15-29-21-13-7-5-10-19(21)16-25-23(24-2)26-17-22(28)27-14-8-11-18-9-4-6-12-20(18)27;/h3-7,9-10,12-13H,1,8,11,14-17H2,2H3,(H2,24,25,26);1H. The van der Waals surface area contributed by atoms with Gasteiger partial charge in [-0.2, -0.15) is 0 Å². The van der Waals surface area contributed by atoms with E-state index in [0.717, 1.165) is 36.4 Å². The van der Waals surface area contributed by atoms with Crippen molar-refractivity contribution in [2.24, 2.45) is 4.99 Å². The van der Waals surface area contributed by atoms with Crippen LogP contribution in [0.2, 0.25) is 0 Å². The molecule has 1 heterocycles. The summed E-state index contributed by atoms with van der Waals surface area (Å²) in [7, 11) is 1.69. The molecule has 1 amide bonds. The first-order valence-corrected chi connectivity index (χ1v) is 9.87. The predicted octanol–water partition coefficient (Wildman–Crippen LogP) is 3.51. The number of rotatable bonds is 7. The van der Waals surface area contributed by atoms with E-state index in [0.29, 0.717) is 19.1 Å². The lowest BCUT2D eigenvalue weighted by Crippen LogP contribution is -2.45. The van der Waals surface area contributed by atoms with E-state index in [4.69, 9.17) is 4.74 Å². The van der Waals surface area contributed by atoms with Gasteiger partial charge in [-0.3, -0.25) is 9.79 Å². The minimum Gasteiger partial charge on any atom is -0.489 e. The van der Waals surface area contributed by atoms with Gasteiger partial charge in [0.05, 0.1) is 6.54 Å². The Morgan fingerprint density at radius 3 is 2.77 bits per heavy atom. The highest BCUT2D eigenvalue weighted by molar-refractivity contribution is 14.0. The molecule has 0 saturated carbocycles. The molecule has 1 aliphatic heterocycles. The van der Waals surface area contributed by atoms with Gasteiger partial charge in [-0.05, 0) is 30.5 Å². The van der Waals surface area contributed by atoms with Crippen LogP contribution in [0.1, 0.15) is 17.5 Å². The van der Waals surface area contributed by atoms with Gasteiger partial charge in [-0.25, -0.2) is 0 Å². The summed E-state index contributed by atoms with van der Waals surface area (Å²) in [6, 6.07) is 15.9. The van der Waals surface area contributed by atoms with Gasteiger partial charge in [-0.15, -0.1) is 24.0 Å². The van der Waals surface area contributed by atoms with Gasteiger partial charge in [-0.1, -0.05) is 49.1 Å². The maximum absolute atomic E-state index is 12.8. The van der Waals surface area contributed by atoms with Gasteiger partial charge >= 0.3 is 0 Å². The summed E-state index contributed by atoms with van der Waals surface area (Å²) in [6.45, 7) is 5.60. The van der Waals surface area contributed by atoms with Crippen molar-refractivity contribution in [3.63, 3.8) is 0 Å². The Morgan fingerprint density at radius 2 is 1.97 bits per heavy atom. The molecule has 2 N–H and O–H groups in total. The summed E-state index contributed by atoms with van der Waals surface area (Å²) in [5.41, 5.74) is 3.25. The fourth-order valence-corrected chi connectivity index (χ4v) is 3.39. The number of aryl methyl sites for hydroxylation is 1. The average Bonchev–Trinajstić information content (AvgIpc) is 2.77. The van der Waals surface area contributed by atoms with E-state index >= 15 is 0 Å². The summed E-state index contributed by atoms with van der Waals surface area (Å²) >= 11 is 0. The van der Waals surface area contributed by atoms with Crippen LogP contribution in [0.25, 0.3) is 0 Å². The van der Waals surface area contributed by atoms with E-state index in [1.165, 1.54) is 5.56 Å². The summed E-state index contributed by atoms with van der Waals surface area (Å²) in [6.07, 6.45) is 3.72. The van der Waals surface area contributed by atoms with Crippen LogP contribution in [0, 0.1) is 0 Å². The number of amides is 1. The lowest BCUT2D eigenvalue weighted by Gasteiger charge is -2.29. The van der Waals surface area contributed by atoms with Crippen molar-refractivity contribution in [2.45, 2.75) is 19.4 Å². The largest absolute Gasteiger partial charge is 0.489 e. The van der Waals surface area contributed by atoms with E-state index in [1.807, 2.05) is 47.4 Å².